The van der Waals surface area contributed by atoms with E-state index in [-0.39, 0.29) is 6.54 Å². The predicted molar refractivity (Wildman–Crippen MR) is 69.9 cm³/mol. The van der Waals surface area contributed by atoms with Gasteiger partial charge in [-0.2, -0.15) is 0 Å². The van der Waals surface area contributed by atoms with Crippen molar-refractivity contribution < 1.29 is 19.4 Å². The largest absolute Gasteiger partial charge is 0.479 e. The Morgan fingerprint density at radius 3 is 2.58 bits per heavy atom. The van der Waals surface area contributed by atoms with Crippen molar-refractivity contribution in [2.45, 2.75) is 19.6 Å². The summed E-state index contributed by atoms with van der Waals surface area (Å²) in [5.74, 6) is -1.11. The maximum absolute atomic E-state index is 11.5. The van der Waals surface area contributed by atoms with Crippen LogP contribution in [0.25, 0.3) is 0 Å². The molecule has 0 aromatic heterocycles. The number of methoxy groups -OCH3 is 1. The van der Waals surface area contributed by atoms with E-state index in [1.54, 1.807) is 0 Å². The minimum absolute atomic E-state index is 0.0779. The first-order valence-corrected chi connectivity index (χ1v) is 5.86. The molecule has 0 spiro atoms. The van der Waals surface area contributed by atoms with Crippen molar-refractivity contribution in [3.05, 3.63) is 35.4 Å². The quantitative estimate of drug-likeness (QED) is 0.713. The van der Waals surface area contributed by atoms with Gasteiger partial charge in [0.1, 0.15) is 0 Å². The fraction of sp³-hybridized carbons (Fsp3) is 0.385. The zero-order valence-corrected chi connectivity index (χ0v) is 11.0. The third kappa shape index (κ3) is 4.97. The van der Waals surface area contributed by atoms with E-state index in [0.29, 0.717) is 6.54 Å². The van der Waals surface area contributed by atoms with Crippen LogP contribution in [-0.2, 0) is 16.1 Å². The Kier molecular flexibility index (Phi) is 5.81. The summed E-state index contributed by atoms with van der Waals surface area (Å²) in [6.45, 7) is 2.27. The first-order valence-electron chi connectivity index (χ1n) is 5.86. The van der Waals surface area contributed by atoms with E-state index in [1.807, 2.05) is 31.2 Å². The Bertz CT molecular complexity index is 448. The zero-order valence-electron chi connectivity index (χ0n) is 11.0. The van der Waals surface area contributed by atoms with Gasteiger partial charge in [-0.25, -0.2) is 9.59 Å². The van der Waals surface area contributed by atoms with Gasteiger partial charge in [-0.1, -0.05) is 24.3 Å². The Labute approximate surface area is 111 Å². The average molecular weight is 266 g/mol. The van der Waals surface area contributed by atoms with Crippen molar-refractivity contribution in [2.75, 3.05) is 13.7 Å². The topological polar surface area (TPSA) is 87.7 Å². The van der Waals surface area contributed by atoms with Crippen LogP contribution in [0.2, 0.25) is 0 Å². The number of benzene rings is 1. The van der Waals surface area contributed by atoms with E-state index in [0.717, 1.165) is 11.1 Å². The van der Waals surface area contributed by atoms with E-state index in [2.05, 4.69) is 10.6 Å². The lowest BCUT2D eigenvalue weighted by Crippen LogP contribution is -2.42. The SMILES string of the molecule is COC(CNC(=O)NCc1ccccc1C)C(=O)O. The number of urea groups is 1. The third-order valence-electron chi connectivity index (χ3n) is 2.71. The molecule has 1 unspecified atom stereocenters. The minimum Gasteiger partial charge on any atom is -0.479 e. The summed E-state index contributed by atoms with van der Waals surface area (Å²) in [6, 6.07) is 7.28. The van der Waals surface area contributed by atoms with E-state index < -0.39 is 18.1 Å². The number of carboxylic acids is 1. The normalized spacial score (nSPS) is 11.7. The molecule has 1 rings (SSSR count). The van der Waals surface area contributed by atoms with E-state index in [1.165, 1.54) is 7.11 Å². The van der Waals surface area contributed by atoms with Gasteiger partial charge >= 0.3 is 12.0 Å². The van der Waals surface area contributed by atoms with Gasteiger partial charge in [0, 0.05) is 13.7 Å². The van der Waals surface area contributed by atoms with Crippen LogP contribution in [0.3, 0.4) is 0 Å². The van der Waals surface area contributed by atoms with E-state index in [9.17, 15) is 9.59 Å². The Morgan fingerprint density at radius 1 is 1.32 bits per heavy atom. The van der Waals surface area contributed by atoms with Crippen molar-refractivity contribution in [1.29, 1.82) is 0 Å². The van der Waals surface area contributed by atoms with Gasteiger partial charge in [0.05, 0.1) is 6.54 Å². The Balaban J connectivity index is 2.36. The molecular weight excluding hydrogens is 248 g/mol. The average Bonchev–Trinajstić information content (AvgIpc) is 2.38. The lowest BCUT2D eigenvalue weighted by molar-refractivity contribution is -0.147. The molecule has 0 aliphatic rings. The molecule has 3 N–H and O–H groups in total. The minimum atomic E-state index is -1.11. The molecule has 1 atom stereocenters. The highest BCUT2D eigenvalue weighted by atomic mass is 16.5. The van der Waals surface area contributed by atoms with Gasteiger partial charge in [-0.05, 0) is 18.1 Å². The number of rotatable bonds is 6. The Morgan fingerprint density at radius 2 is 2.00 bits per heavy atom. The van der Waals surface area contributed by atoms with Crippen molar-refractivity contribution in [3.63, 3.8) is 0 Å². The lowest BCUT2D eigenvalue weighted by Gasteiger charge is -2.12. The van der Waals surface area contributed by atoms with Crippen LogP contribution in [0.15, 0.2) is 24.3 Å². The number of nitrogens with one attached hydrogen (secondary N) is 2. The molecule has 0 saturated heterocycles. The second-order valence-electron chi connectivity index (χ2n) is 4.05. The summed E-state index contributed by atoms with van der Waals surface area (Å²) in [6.07, 6.45) is -1.04. The maximum atomic E-state index is 11.5. The number of carbonyl (C=O) groups excluding carboxylic acids is 1. The standard InChI is InChI=1S/C13H18N2O4/c1-9-5-3-4-6-10(9)7-14-13(18)15-8-11(19-2)12(16)17/h3-6,11H,7-8H2,1-2H3,(H,16,17)(H2,14,15,18). The van der Waals surface area contributed by atoms with Crippen LogP contribution in [0, 0.1) is 6.92 Å². The molecule has 19 heavy (non-hydrogen) atoms. The monoisotopic (exact) mass is 266 g/mol. The van der Waals surface area contributed by atoms with Gasteiger partial charge in [0.25, 0.3) is 0 Å². The van der Waals surface area contributed by atoms with Crippen molar-refractivity contribution in [3.8, 4) is 0 Å². The van der Waals surface area contributed by atoms with E-state index in [4.69, 9.17) is 9.84 Å². The fourth-order valence-electron chi connectivity index (χ4n) is 1.50. The molecule has 0 heterocycles. The summed E-state index contributed by atoms with van der Waals surface area (Å²) in [5, 5.41) is 13.8. The van der Waals surface area contributed by atoms with Gasteiger partial charge < -0.3 is 20.5 Å². The summed E-state index contributed by atoms with van der Waals surface area (Å²) in [5.41, 5.74) is 2.10. The van der Waals surface area contributed by atoms with E-state index >= 15 is 0 Å². The molecule has 0 saturated carbocycles. The molecule has 0 fully saturated rings. The first kappa shape index (κ1) is 15.0. The molecule has 6 heteroatoms. The fourth-order valence-corrected chi connectivity index (χ4v) is 1.50. The van der Waals surface area contributed by atoms with Crippen molar-refractivity contribution >= 4 is 12.0 Å². The smallest absolute Gasteiger partial charge is 0.334 e. The van der Waals surface area contributed by atoms with Crippen LogP contribution in [0.5, 0.6) is 0 Å². The second-order valence-corrected chi connectivity index (χ2v) is 4.05. The first-order chi connectivity index (χ1) is 9.04. The molecule has 2 amide bonds. The van der Waals surface area contributed by atoms with Crippen LogP contribution in [0.4, 0.5) is 4.79 Å². The summed E-state index contributed by atoms with van der Waals surface area (Å²) < 4.78 is 4.70. The maximum Gasteiger partial charge on any atom is 0.334 e. The molecule has 6 nitrogen and oxygen atoms in total. The van der Waals surface area contributed by atoms with Gasteiger partial charge in [-0.3, -0.25) is 0 Å². The molecule has 104 valence electrons. The highest BCUT2D eigenvalue weighted by molar-refractivity contribution is 5.76. The number of aryl methyl sites for hydroxylation is 1. The summed E-state index contributed by atoms with van der Waals surface area (Å²) in [7, 11) is 1.28. The molecule has 0 aliphatic heterocycles. The molecular formula is C13H18N2O4. The number of carboxylic acid groups (broad SMARTS) is 1. The molecule has 1 aromatic carbocycles. The summed E-state index contributed by atoms with van der Waals surface area (Å²) >= 11 is 0. The predicted octanol–water partition coefficient (Wildman–Crippen LogP) is 0.894. The van der Waals surface area contributed by atoms with Crippen LogP contribution >= 0.6 is 0 Å². The number of hydrogen-bond acceptors (Lipinski definition) is 3. The Hall–Kier alpha value is -2.08. The third-order valence-corrected chi connectivity index (χ3v) is 2.71. The number of aliphatic carboxylic acids is 1. The van der Waals surface area contributed by atoms with Gasteiger partial charge in [0.2, 0.25) is 0 Å². The number of amides is 2. The summed E-state index contributed by atoms with van der Waals surface area (Å²) in [4.78, 5) is 22.2. The molecule has 1 aromatic rings. The van der Waals surface area contributed by atoms with Crippen molar-refractivity contribution in [1.82, 2.24) is 10.6 Å². The van der Waals surface area contributed by atoms with Crippen molar-refractivity contribution in [2.24, 2.45) is 0 Å². The molecule has 0 aliphatic carbocycles. The van der Waals surface area contributed by atoms with Gasteiger partial charge in [0.15, 0.2) is 6.10 Å². The number of carbonyl (C=O) groups is 2. The lowest BCUT2D eigenvalue weighted by atomic mass is 10.1. The van der Waals surface area contributed by atoms with Gasteiger partial charge in [-0.15, -0.1) is 0 Å². The van der Waals surface area contributed by atoms with Crippen LogP contribution in [-0.4, -0.2) is 36.9 Å². The van der Waals surface area contributed by atoms with Crippen LogP contribution < -0.4 is 10.6 Å². The second kappa shape index (κ2) is 7.38. The number of ether oxygens (including phenoxy) is 1. The molecule has 0 radical (unpaired) electrons. The zero-order chi connectivity index (χ0) is 14.3. The highest BCUT2D eigenvalue weighted by Gasteiger charge is 2.16. The number of hydrogen-bond donors (Lipinski definition) is 3. The highest BCUT2D eigenvalue weighted by Crippen LogP contribution is 2.05. The molecule has 0 bridgehead atoms. The van der Waals surface area contributed by atoms with Crippen LogP contribution in [0.1, 0.15) is 11.1 Å².